The Morgan fingerprint density at radius 2 is 1.91 bits per heavy atom. The standard InChI is InChI=1S/C16H23FN2O3/c17-12-8-11(9-14-16(12)22-7-6-21-14)15(20)13(18)10-19-4-2-1-3-5-19/h8-9,13,15,20H,1-7,10,18H2. The summed E-state index contributed by atoms with van der Waals surface area (Å²) in [5, 5.41) is 10.4. The molecule has 3 N–H and O–H groups in total. The van der Waals surface area contributed by atoms with Crippen LogP contribution in [0.2, 0.25) is 0 Å². The molecule has 0 saturated carbocycles. The van der Waals surface area contributed by atoms with Gasteiger partial charge >= 0.3 is 0 Å². The molecule has 3 rings (SSSR count). The second-order valence-electron chi connectivity index (χ2n) is 6.00. The van der Waals surface area contributed by atoms with Crippen LogP contribution in [0.5, 0.6) is 11.5 Å². The van der Waals surface area contributed by atoms with E-state index in [0.717, 1.165) is 13.1 Å². The van der Waals surface area contributed by atoms with Gasteiger partial charge in [0.05, 0.1) is 6.10 Å². The first-order chi connectivity index (χ1) is 10.6. The molecule has 0 amide bonds. The third-order valence-corrected chi connectivity index (χ3v) is 4.28. The van der Waals surface area contributed by atoms with Gasteiger partial charge in [0.15, 0.2) is 17.3 Å². The highest BCUT2D eigenvalue weighted by Gasteiger charge is 2.25. The molecular weight excluding hydrogens is 287 g/mol. The number of piperidine rings is 1. The third kappa shape index (κ3) is 3.34. The molecule has 2 aliphatic heterocycles. The zero-order valence-electron chi connectivity index (χ0n) is 12.6. The predicted molar refractivity (Wildman–Crippen MR) is 80.6 cm³/mol. The lowest BCUT2D eigenvalue weighted by Crippen LogP contribution is -2.43. The van der Waals surface area contributed by atoms with Crippen LogP contribution in [-0.2, 0) is 0 Å². The molecule has 2 atom stereocenters. The Kier molecular flexibility index (Phi) is 4.81. The van der Waals surface area contributed by atoms with Crippen LogP contribution in [0.1, 0.15) is 30.9 Å². The summed E-state index contributed by atoms with van der Waals surface area (Å²) in [5.74, 6) is -0.0614. The van der Waals surface area contributed by atoms with Crippen molar-refractivity contribution in [3.63, 3.8) is 0 Å². The van der Waals surface area contributed by atoms with E-state index in [4.69, 9.17) is 15.2 Å². The molecule has 0 radical (unpaired) electrons. The van der Waals surface area contributed by atoms with Gasteiger partial charge in [-0.2, -0.15) is 0 Å². The molecular formula is C16H23FN2O3. The number of hydrogen-bond donors (Lipinski definition) is 2. The van der Waals surface area contributed by atoms with Gasteiger partial charge in [-0.1, -0.05) is 6.42 Å². The van der Waals surface area contributed by atoms with E-state index >= 15 is 0 Å². The lowest BCUT2D eigenvalue weighted by Gasteiger charge is -2.31. The molecule has 6 heteroatoms. The van der Waals surface area contributed by atoms with Gasteiger partial charge in [-0.25, -0.2) is 4.39 Å². The number of aliphatic hydroxyl groups is 1. The molecule has 122 valence electrons. The number of aliphatic hydroxyl groups excluding tert-OH is 1. The quantitative estimate of drug-likeness (QED) is 0.881. The van der Waals surface area contributed by atoms with Crippen molar-refractivity contribution < 1.29 is 19.0 Å². The van der Waals surface area contributed by atoms with Gasteiger partial charge < -0.3 is 25.2 Å². The highest BCUT2D eigenvalue weighted by molar-refractivity contribution is 5.46. The molecule has 1 aromatic carbocycles. The van der Waals surface area contributed by atoms with E-state index in [0.29, 0.717) is 31.1 Å². The van der Waals surface area contributed by atoms with Gasteiger partial charge in [0.1, 0.15) is 13.2 Å². The average molecular weight is 310 g/mol. The molecule has 1 aromatic rings. The second kappa shape index (κ2) is 6.81. The van der Waals surface area contributed by atoms with Crippen molar-refractivity contribution in [3.05, 3.63) is 23.5 Å². The zero-order valence-corrected chi connectivity index (χ0v) is 12.6. The highest BCUT2D eigenvalue weighted by Crippen LogP contribution is 2.36. The van der Waals surface area contributed by atoms with Crippen LogP contribution >= 0.6 is 0 Å². The Hall–Kier alpha value is -1.37. The van der Waals surface area contributed by atoms with Crippen LogP contribution < -0.4 is 15.2 Å². The maximum Gasteiger partial charge on any atom is 0.197 e. The van der Waals surface area contributed by atoms with Crippen molar-refractivity contribution >= 4 is 0 Å². The van der Waals surface area contributed by atoms with Crippen molar-refractivity contribution in [3.8, 4) is 11.5 Å². The number of fused-ring (bicyclic) bond motifs is 1. The minimum Gasteiger partial charge on any atom is -0.486 e. The van der Waals surface area contributed by atoms with Crippen LogP contribution in [0.25, 0.3) is 0 Å². The normalized spacial score (nSPS) is 21.4. The minimum atomic E-state index is -0.924. The van der Waals surface area contributed by atoms with Gasteiger partial charge in [0, 0.05) is 12.6 Å². The zero-order chi connectivity index (χ0) is 15.5. The summed E-state index contributed by atoms with van der Waals surface area (Å²) in [4.78, 5) is 2.26. The fraction of sp³-hybridized carbons (Fsp3) is 0.625. The molecule has 0 aromatic heterocycles. The molecule has 5 nitrogen and oxygen atoms in total. The summed E-state index contributed by atoms with van der Waals surface area (Å²) in [5.41, 5.74) is 6.56. The topological polar surface area (TPSA) is 68.0 Å². The Balaban J connectivity index is 1.70. The highest BCUT2D eigenvalue weighted by atomic mass is 19.1. The summed E-state index contributed by atoms with van der Waals surface area (Å²) in [6.07, 6.45) is 2.66. The van der Waals surface area contributed by atoms with Gasteiger partial charge in [0.25, 0.3) is 0 Å². The fourth-order valence-corrected chi connectivity index (χ4v) is 3.09. The molecule has 22 heavy (non-hydrogen) atoms. The number of likely N-dealkylation sites (tertiary alicyclic amines) is 1. The van der Waals surface area contributed by atoms with Crippen molar-refractivity contribution in [1.29, 1.82) is 0 Å². The first-order valence-electron chi connectivity index (χ1n) is 7.90. The lowest BCUT2D eigenvalue weighted by molar-refractivity contribution is 0.110. The predicted octanol–water partition coefficient (Wildman–Crippen LogP) is 1.44. The molecule has 2 unspecified atom stereocenters. The summed E-state index contributed by atoms with van der Waals surface area (Å²) in [6.45, 7) is 3.34. The van der Waals surface area contributed by atoms with E-state index in [1.807, 2.05) is 0 Å². The van der Waals surface area contributed by atoms with Gasteiger partial charge in [0.2, 0.25) is 0 Å². The van der Waals surface area contributed by atoms with Crippen LogP contribution in [0.4, 0.5) is 4.39 Å². The number of nitrogens with zero attached hydrogens (tertiary/aromatic N) is 1. The SMILES string of the molecule is NC(CN1CCCCC1)C(O)c1cc(F)c2c(c1)OCCO2. The van der Waals surface area contributed by atoms with Crippen molar-refractivity contribution in [2.45, 2.75) is 31.4 Å². The Morgan fingerprint density at radius 1 is 1.18 bits per heavy atom. The van der Waals surface area contributed by atoms with E-state index in [-0.39, 0.29) is 5.75 Å². The fourth-order valence-electron chi connectivity index (χ4n) is 3.09. The van der Waals surface area contributed by atoms with Crippen molar-refractivity contribution in [1.82, 2.24) is 4.90 Å². The Labute approximate surface area is 129 Å². The number of hydrogen-bond acceptors (Lipinski definition) is 5. The summed E-state index contributed by atoms with van der Waals surface area (Å²) >= 11 is 0. The van der Waals surface area contributed by atoms with Crippen LogP contribution in [0, 0.1) is 5.82 Å². The lowest BCUT2D eigenvalue weighted by atomic mass is 10.0. The summed E-state index contributed by atoms with van der Waals surface area (Å²) in [6, 6.07) is 2.45. The van der Waals surface area contributed by atoms with E-state index in [9.17, 15) is 9.50 Å². The number of benzene rings is 1. The van der Waals surface area contributed by atoms with E-state index < -0.39 is 18.0 Å². The molecule has 1 fully saturated rings. The van der Waals surface area contributed by atoms with Gasteiger partial charge in [-0.05, 0) is 43.6 Å². The van der Waals surface area contributed by atoms with Crippen LogP contribution in [-0.4, -0.2) is 48.9 Å². The molecule has 1 saturated heterocycles. The second-order valence-corrected chi connectivity index (χ2v) is 6.00. The largest absolute Gasteiger partial charge is 0.486 e. The first-order valence-corrected chi connectivity index (χ1v) is 7.90. The Morgan fingerprint density at radius 3 is 2.68 bits per heavy atom. The summed E-state index contributed by atoms with van der Waals surface area (Å²) < 4.78 is 24.7. The maximum atomic E-state index is 14.0. The number of halogens is 1. The minimum absolute atomic E-state index is 0.117. The number of rotatable bonds is 4. The number of nitrogens with two attached hydrogens (primary N) is 1. The van der Waals surface area contributed by atoms with Gasteiger partial charge in [-0.15, -0.1) is 0 Å². The Bertz CT molecular complexity index is 520. The smallest absolute Gasteiger partial charge is 0.197 e. The molecule has 0 bridgehead atoms. The van der Waals surface area contributed by atoms with E-state index in [1.165, 1.54) is 25.3 Å². The van der Waals surface area contributed by atoms with Crippen LogP contribution in [0.15, 0.2) is 12.1 Å². The van der Waals surface area contributed by atoms with Gasteiger partial charge in [-0.3, -0.25) is 0 Å². The molecule has 2 heterocycles. The average Bonchev–Trinajstić information content (AvgIpc) is 2.55. The van der Waals surface area contributed by atoms with Crippen LogP contribution in [0.3, 0.4) is 0 Å². The number of ether oxygens (including phenoxy) is 2. The monoisotopic (exact) mass is 310 g/mol. The van der Waals surface area contributed by atoms with E-state index in [2.05, 4.69) is 4.90 Å². The summed E-state index contributed by atoms with van der Waals surface area (Å²) in [7, 11) is 0. The molecule has 0 aliphatic carbocycles. The van der Waals surface area contributed by atoms with Crippen molar-refractivity contribution in [2.24, 2.45) is 5.73 Å². The van der Waals surface area contributed by atoms with E-state index in [1.54, 1.807) is 6.07 Å². The van der Waals surface area contributed by atoms with Crippen molar-refractivity contribution in [2.75, 3.05) is 32.8 Å². The first kappa shape index (κ1) is 15.5. The molecule has 0 spiro atoms. The maximum absolute atomic E-state index is 14.0. The molecule has 2 aliphatic rings. The third-order valence-electron chi connectivity index (χ3n) is 4.28.